The second-order valence-electron chi connectivity index (χ2n) is 5.85. The predicted molar refractivity (Wildman–Crippen MR) is 103 cm³/mol. The minimum absolute atomic E-state index is 0.0798. The van der Waals surface area contributed by atoms with Gasteiger partial charge in [0.25, 0.3) is 0 Å². The Labute approximate surface area is 168 Å². The fourth-order valence-corrected chi connectivity index (χ4v) is 3.13. The van der Waals surface area contributed by atoms with Crippen LogP contribution in [0.15, 0.2) is 24.3 Å². The molecule has 5 nitrogen and oxygen atoms in total. The third-order valence-corrected chi connectivity index (χ3v) is 4.94. The first-order chi connectivity index (χ1) is 12.7. The average molecular weight is 490 g/mol. The van der Waals surface area contributed by atoms with Crippen LogP contribution in [0.1, 0.15) is 52.5 Å². The molecule has 2 aromatic carbocycles. The molecule has 0 amide bonds. The summed E-state index contributed by atoms with van der Waals surface area (Å²) in [6.45, 7) is 4.07. The molecule has 0 saturated carbocycles. The van der Waals surface area contributed by atoms with Gasteiger partial charge in [-0.25, -0.2) is 18.4 Å². The molecule has 0 bridgehead atoms. The SMILES string of the molecule is CCC(C)c1cc(I)c(OC(=O)c2cc(F)c(F)cc2C(=O)O)c(OC)c1. The molecule has 2 aromatic rings. The number of methoxy groups -OCH3 is 1. The molecule has 144 valence electrons. The Balaban J connectivity index is 2.47. The van der Waals surface area contributed by atoms with Crippen LogP contribution in [0.3, 0.4) is 0 Å². The van der Waals surface area contributed by atoms with E-state index in [9.17, 15) is 18.4 Å². The van der Waals surface area contributed by atoms with Gasteiger partial charge in [-0.15, -0.1) is 0 Å². The smallest absolute Gasteiger partial charge is 0.344 e. The maximum Gasteiger partial charge on any atom is 0.344 e. The van der Waals surface area contributed by atoms with Gasteiger partial charge >= 0.3 is 11.9 Å². The monoisotopic (exact) mass is 490 g/mol. The highest BCUT2D eigenvalue weighted by Crippen LogP contribution is 2.37. The van der Waals surface area contributed by atoms with E-state index < -0.39 is 34.7 Å². The Kier molecular flexibility index (Phi) is 6.74. The molecule has 1 N–H and O–H groups in total. The van der Waals surface area contributed by atoms with Gasteiger partial charge in [0.05, 0.1) is 21.8 Å². The number of benzene rings is 2. The van der Waals surface area contributed by atoms with Crippen molar-refractivity contribution >= 4 is 34.5 Å². The molecule has 0 saturated heterocycles. The lowest BCUT2D eigenvalue weighted by Gasteiger charge is -2.16. The van der Waals surface area contributed by atoms with Crippen LogP contribution >= 0.6 is 22.6 Å². The molecule has 0 aromatic heterocycles. The number of halogens is 3. The molecule has 0 aliphatic rings. The Morgan fingerprint density at radius 3 is 2.26 bits per heavy atom. The Hall–Kier alpha value is -2.23. The van der Waals surface area contributed by atoms with Gasteiger partial charge in [-0.05, 0) is 64.8 Å². The number of hydrogen-bond acceptors (Lipinski definition) is 4. The highest BCUT2D eigenvalue weighted by Gasteiger charge is 2.24. The molecule has 0 heterocycles. The lowest BCUT2D eigenvalue weighted by Crippen LogP contribution is -2.16. The van der Waals surface area contributed by atoms with Gasteiger partial charge in [0.1, 0.15) is 0 Å². The van der Waals surface area contributed by atoms with Crippen molar-refractivity contribution in [2.45, 2.75) is 26.2 Å². The van der Waals surface area contributed by atoms with E-state index in [4.69, 9.17) is 14.6 Å². The van der Waals surface area contributed by atoms with Crippen molar-refractivity contribution in [2.24, 2.45) is 0 Å². The van der Waals surface area contributed by atoms with E-state index in [1.54, 1.807) is 6.07 Å². The van der Waals surface area contributed by atoms with E-state index in [2.05, 4.69) is 0 Å². The highest BCUT2D eigenvalue weighted by molar-refractivity contribution is 14.1. The summed E-state index contributed by atoms with van der Waals surface area (Å²) in [6, 6.07) is 4.50. The van der Waals surface area contributed by atoms with Gasteiger partial charge in [-0.1, -0.05) is 13.8 Å². The number of carbonyl (C=O) groups is 2. The number of esters is 1. The molecular weight excluding hydrogens is 473 g/mol. The van der Waals surface area contributed by atoms with E-state index >= 15 is 0 Å². The summed E-state index contributed by atoms with van der Waals surface area (Å²) in [5, 5.41) is 9.15. The Morgan fingerprint density at radius 2 is 1.74 bits per heavy atom. The first-order valence-electron chi connectivity index (χ1n) is 8.01. The van der Waals surface area contributed by atoms with Crippen LogP contribution in [0.4, 0.5) is 8.78 Å². The van der Waals surface area contributed by atoms with Gasteiger partial charge in [0.15, 0.2) is 23.1 Å². The van der Waals surface area contributed by atoms with Crippen LogP contribution in [0.2, 0.25) is 0 Å². The Morgan fingerprint density at radius 1 is 1.15 bits per heavy atom. The molecule has 27 heavy (non-hydrogen) atoms. The van der Waals surface area contributed by atoms with Gasteiger partial charge < -0.3 is 14.6 Å². The summed E-state index contributed by atoms with van der Waals surface area (Å²) in [5.41, 5.74) is -0.299. The number of carbonyl (C=O) groups excluding carboxylic acids is 1. The lowest BCUT2D eigenvalue weighted by molar-refractivity contribution is 0.0665. The molecule has 0 aliphatic heterocycles. The van der Waals surface area contributed by atoms with Gasteiger partial charge in [0.2, 0.25) is 0 Å². The third-order valence-electron chi connectivity index (χ3n) is 4.14. The number of ether oxygens (including phenoxy) is 2. The van der Waals surface area contributed by atoms with Crippen LogP contribution in [0.25, 0.3) is 0 Å². The minimum atomic E-state index is -1.57. The van der Waals surface area contributed by atoms with Gasteiger partial charge in [-0.3, -0.25) is 0 Å². The van der Waals surface area contributed by atoms with Crippen LogP contribution < -0.4 is 9.47 Å². The summed E-state index contributed by atoms with van der Waals surface area (Å²) in [5.74, 6) is -4.80. The van der Waals surface area contributed by atoms with Crippen molar-refractivity contribution in [2.75, 3.05) is 7.11 Å². The maximum absolute atomic E-state index is 13.5. The molecule has 2 rings (SSSR count). The van der Waals surface area contributed by atoms with E-state index in [1.165, 1.54) is 7.11 Å². The topological polar surface area (TPSA) is 72.8 Å². The second kappa shape index (κ2) is 8.64. The van der Waals surface area contributed by atoms with Crippen molar-refractivity contribution in [3.8, 4) is 11.5 Å². The fraction of sp³-hybridized carbons (Fsp3) is 0.263. The predicted octanol–water partition coefficient (Wildman–Crippen LogP) is 5.01. The van der Waals surface area contributed by atoms with Crippen LogP contribution in [-0.4, -0.2) is 24.2 Å². The lowest BCUT2D eigenvalue weighted by atomic mass is 9.98. The van der Waals surface area contributed by atoms with Crippen LogP contribution in [0, 0.1) is 15.2 Å². The molecule has 0 spiro atoms. The zero-order chi connectivity index (χ0) is 20.3. The zero-order valence-electron chi connectivity index (χ0n) is 14.8. The molecule has 8 heteroatoms. The van der Waals surface area contributed by atoms with Crippen LogP contribution in [0.5, 0.6) is 11.5 Å². The third kappa shape index (κ3) is 4.55. The number of carboxylic acid groups (broad SMARTS) is 1. The normalized spacial score (nSPS) is 11.8. The molecule has 0 radical (unpaired) electrons. The maximum atomic E-state index is 13.5. The largest absolute Gasteiger partial charge is 0.493 e. The van der Waals surface area contributed by atoms with Crippen molar-refractivity contribution in [3.63, 3.8) is 0 Å². The van der Waals surface area contributed by atoms with Gasteiger partial charge in [0, 0.05) is 0 Å². The number of carboxylic acids is 1. The second-order valence-corrected chi connectivity index (χ2v) is 7.01. The summed E-state index contributed by atoms with van der Waals surface area (Å²) >= 11 is 1.96. The van der Waals surface area contributed by atoms with E-state index in [-0.39, 0.29) is 17.4 Å². The molecule has 0 aliphatic carbocycles. The van der Waals surface area contributed by atoms with Crippen molar-refractivity contribution in [1.82, 2.24) is 0 Å². The minimum Gasteiger partial charge on any atom is -0.493 e. The zero-order valence-corrected chi connectivity index (χ0v) is 17.0. The highest BCUT2D eigenvalue weighted by atomic mass is 127. The summed E-state index contributed by atoms with van der Waals surface area (Å²) < 4.78 is 38.0. The van der Waals surface area contributed by atoms with Gasteiger partial charge in [-0.2, -0.15) is 0 Å². The first kappa shape index (κ1) is 21.1. The number of rotatable bonds is 6. The summed E-state index contributed by atoms with van der Waals surface area (Å²) in [7, 11) is 1.41. The summed E-state index contributed by atoms with van der Waals surface area (Å²) in [6.07, 6.45) is 0.898. The van der Waals surface area contributed by atoms with Crippen LogP contribution in [-0.2, 0) is 0 Å². The number of aromatic carboxylic acids is 1. The van der Waals surface area contributed by atoms with Crippen molar-refractivity contribution in [3.05, 3.63) is 56.2 Å². The first-order valence-corrected chi connectivity index (χ1v) is 9.09. The van der Waals surface area contributed by atoms with Crippen molar-refractivity contribution < 1.29 is 33.0 Å². The molecular formula is C19H17F2IO5. The fourth-order valence-electron chi connectivity index (χ4n) is 2.40. The van der Waals surface area contributed by atoms with E-state index in [0.717, 1.165) is 12.0 Å². The Bertz CT molecular complexity index is 898. The van der Waals surface area contributed by atoms with E-state index in [0.29, 0.717) is 15.7 Å². The van der Waals surface area contributed by atoms with Crippen molar-refractivity contribution in [1.29, 1.82) is 0 Å². The standard InChI is InChI=1S/C19H17F2IO5/c1-4-9(2)10-5-15(22)17(16(6-10)26-3)27-19(25)12-8-14(21)13(20)7-11(12)18(23)24/h5-9H,4H2,1-3H3,(H,23,24). The molecule has 1 unspecified atom stereocenters. The summed E-state index contributed by atoms with van der Waals surface area (Å²) in [4.78, 5) is 23.7. The number of hydrogen-bond donors (Lipinski definition) is 1. The van der Waals surface area contributed by atoms with E-state index in [1.807, 2.05) is 42.5 Å². The average Bonchev–Trinajstić information content (AvgIpc) is 2.63. The molecule has 0 fully saturated rings. The quantitative estimate of drug-likeness (QED) is 0.350. The molecule has 1 atom stereocenters.